The number of aromatic nitrogens is 1. The van der Waals surface area contributed by atoms with Crippen molar-refractivity contribution in [2.24, 2.45) is 0 Å². The SMILES string of the molecule is C=CC(N1OC(C)=CC1C)S(=O)(=O)n1cc(C=O)c2ccccc21. The van der Waals surface area contributed by atoms with Crippen LogP contribution < -0.4 is 0 Å². The van der Waals surface area contributed by atoms with E-state index >= 15 is 0 Å². The second-order valence-electron chi connectivity index (χ2n) is 5.66. The number of allylic oxidation sites excluding steroid dienone is 1. The Morgan fingerprint density at radius 1 is 1.33 bits per heavy atom. The highest BCUT2D eigenvalue weighted by Crippen LogP contribution is 2.28. The van der Waals surface area contributed by atoms with Gasteiger partial charge in [0.25, 0.3) is 10.0 Å². The molecule has 2 aromatic rings. The van der Waals surface area contributed by atoms with E-state index in [1.165, 1.54) is 17.3 Å². The molecule has 0 amide bonds. The first-order valence-corrected chi connectivity index (χ1v) is 8.97. The number of benzene rings is 1. The number of aldehydes is 1. The van der Waals surface area contributed by atoms with Gasteiger partial charge >= 0.3 is 0 Å². The summed E-state index contributed by atoms with van der Waals surface area (Å²) in [5, 5.41) is 0.882. The van der Waals surface area contributed by atoms with Crippen LogP contribution in [0.5, 0.6) is 0 Å². The lowest BCUT2D eigenvalue weighted by atomic mass is 10.2. The van der Waals surface area contributed by atoms with Crippen LogP contribution in [0.4, 0.5) is 0 Å². The molecule has 1 aliphatic heterocycles. The lowest BCUT2D eigenvalue weighted by Gasteiger charge is -2.27. The van der Waals surface area contributed by atoms with Crippen molar-refractivity contribution in [2.45, 2.75) is 25.3 Å². The summed E-state index contributed by atoms with van der Waals surface area (Å²) < 4.78 is 27.5. The average molecular weight is 346 g/mol. The summed E-state index contributed by atoms with van der Waals surface area (Å²) in [6.07, 6.45) is 5.15. The molecule has 0 saturated carbocycles. The molecule has 24 heavy (non-hydrogen) atoms. The van der Waals surface area contributed by atoms with Gasteiger partial charge in [0.2, 0.25) is 0 Å². The molecule has 0 fully saturated rings. The molecule has 126 valence electrons. The van der Waals surface area contributed by atoms with Crippen molar-refractivity contribution in [1.82, 2.24) is 9.04 Å². The number of para-hydroxylation sites is 1. The van der Waals surface area contributed by atoms with Crippen molar-refractivity contribution >= 4 is 27.2 Å². The Labute approximate surface area is 140 Å². The lowest BCUT2D eigenvalue weighted by molar-refractivity contribution is -0.114. The van der Waals surface area contributed by atoms with Gasteiger partial charge in [-0.3, -0.25) is 4.79 Å². The molecule has 0 radical (unpaired) electrons. The highest BCUT2D eigenvalue weighted by atomic mass is 32.2. The summed E-state index contributed by atoms with van der Waals surface area (Å²) in [4.78, 5) is 16.8. The number of carbonyl (C=O) groups is 1. The Bertz CT molecular complexity index is 943. The van der Waals surface area contributed by atoms with E-state index in [1.807, 2.05) is 13.0 Å². The van der Waals surface area contributed by atoms with Crippen molar-refractivity contribution in [2.75, 3.05) is 0 Å². The molecule has 3 rings (SSSR count). The van der Waals surface area contributed by atoms with Gasteiger partial charge in [-0.25, -0.2) is 12.4 Å². The predicted octanol–water partition coefficient (Wildman–Crippen LogP) is 2.68. The molecule has 0 N–H and O–H groups in total. The molecule has 0 saturated heterocycles. The molecular weight excluding hydrogens is 328 g/mol. The van der Waals surface area contributed by atoms with Crippen LogP contribution in [0.3, 0.4) is 0 Å². The van der Waals surface area contributed by atoms with Gasteiger partial charge in [-0.05, 0) is 26.0 Å². The maximum Gasteiger partial charge on any atom is 0.262 e. The fourth-order valence-electron chi connectivity index (χ4n) is 2.93. The molecule has 1 aromatic carbocycles. The zero-order chi connectivity index (χ0) is 17.5. The molecule has 6 nitrogen and oxygen atoms in total. The standard InChI is InChI=1S/C17H18N2O4S/c1-4-17(19-12(2)9-13(3)23-19)24(21,22)18-10-14(11-20)15-7-5-6-8-16(15)18/h4-12,17H,1H2,2-3H3. The Kier molecular flexibility index (Phi) is 4.06. The average Bonchev–Trinajstić information content (AvgIpc) is 3.08. The van der Waals surface area contributed by atoms with Crippen LogP contribution in [0.2, 0.25) is 0 Å². The van der Waals surface area contributed by atoms with Crippen LogP contribution in [0, 0.1) is 0 Å². The Morgan fingerprint density at radius 2 is 2.04 bits per heavy atom. The predicted molar refractivity (Wildman–Crippen MR) is 91.8 cm³/mol. The van der Waals surface area contributed by atoms with E-state index in [0.717, 1.165) is 3.97 Å². The first-order valence-electron chi connectivity index (χ1n) is 7.47. The summed E-state index contributed by atoms with van der Waals surface area (Å²) in [5.41, 5.74) is 0.768. The first-order chi connectivity index (χ1) is 11.4. The third-order valence-corrected chi connectivity index (χ3v) is 5.86. The molecule has 2 atom stereocenters. The molecule has 2 unspecified atom stereocenters. The smallest absolute Gasteiger partial charge is 0.262 e. The van der Waals surface area contributed by atoms with E-state index in [1.54, 1.807) is 31.2 Å². The molecule has 1 aromatic heterocycles. The maximum atomic E-state index is 13.2. The van der Waals surface area contributed by atoms with Gasteiger partial charge in [-0.15, -0.1) is 11.6 Å². The minimum Gasteiger partial charge on any atom is -0.409 e. The van der Waals surface area contributed by atoms with E-state index in [2.05, 4.69) is 6.58 Å². The summed E-state index contributed by atoms with van der Waals surface area (Å²) in [6, 6.07) is 6.66. The molecule has 0 bridgehead atoms. The van der Waals surface area contributed by atoms with Crippen molar-refractivity contribution in [1.29, 1.82) is 0 Å². The number of rotatable bonds is 5. The van der Waals surface area contributed by atoms with Crippen LogP contribution in [0.15, 0.2) is 55.0 Å². The number of fused-ring (bicyclic) bond motifs is 1. The summed E-state index contributed by atoms with van der Waals surface area (Å²) >= 11 is 0. The Balaban J connectivity index is 2.14. The van der Waals surface area contributed by atoms with Crippen LogP contribution in [-0.4, -0.2) is 35.2 Å². The van der Waals surface area contributed by atoms with Gasteiger partial charge in [-0.2, -0.15) is 0 Å². The largest absolute Gasteiger partial charge is 0.409 e. The highest BCUT2D eigenvalue weighted by Gasteiger charge is 2.38. The van der Waals surface area contributed by atoms with E-state index in [-0.39, 0.29) is 6.04 Å². The lowest BCUT2D eigenvalue weighted by Crippen LogP contribution is -2.43. The topological polar surface area (TPSA) is 68.6 Å². The number of hydrogen-bond donors (Lipinski definition) is 0. The van der Waals surface area contributed by atoms with Crippen molar-refractivity contribution < 1.29 is 18.0 Å². The summed E-state index contributed by atoms with van der Waals surface area (Å²) in [7, 11) is -3.90. The molecule has 0 spiro atoms. The fraction of sp³-hybridized carbons (Fsp3) is 0.235. The molecule has 1 aliphatic rings. The van der Waals surface area contributed by atoms with Crippen LogP contribution in [0.1, 0.15) is 24.2 Å². The third kappa shape index (κ3) is 2.46. The molecular formula is C17H18N2O4S. The second kappa shape index (κ2) is 5.92. The first kappa shape index (κ1) is 16.5. The van der Waals surface area contributed by atoms with E-state index < -0.39 is 15.4 Å². The Morgan fingerprint density at radius 3 is 2.62 bits per heavy atom. The summed E-state index contributed by atoms with van der Waals surface area (Å²) in [5.74, 6) is 0.635. The zero-order valence-electron chi connectivity index (χ0n) is 13.4. The minimum absolute atomic E-state index is 0.213. The maximum absolute atomic E-state index is 13.2. The fourth-order valence-corrected chi connectivity index (χ4v) is 4.60. The van der Waals surface area contributed by atoms with Gasteiger partial charge in [0.05, 0.1) is 11.6 Å². The monoisotopic (exact) mass is 346 g/mol. The van der Waals surface area contributed by atoms with Crippen LogP contribution in [0.25, 0.3) is 10.9 Å². The van der Waals surface area contributed by atoms with Gasteiger partial charge in [0.15, 0.2) is 11.7 Å². The minimum atomic E-state index is -3.90. The third-order valence-electron chi connectivity index (χ3n) is 3.99. The zero-order valence-corrected chi connectivity index (χ0v) is 14.2. The Hall–Kier alpha value is -2.38. The van der Waals surface area contributed by atoms with E-state index in [4.69, 9.17) is 4.84 Å². The number of nitrogens with zero attached hydrogens (tertiary/aromatic N) is 2. The van der Waals surface area contributed by atoms with E-state index in [9.17, 15) is 13.2 Å². The molecule has 7 heteroatoms. The van der Waals surface area contributed by atoms with Gasteiger partial charge < -0.3 is 4.84 Å². The van der Waals surface area contributed by atoms with Crippen LogP contribution >= 0.6 is 0 Å². The second-order valence-corrected chi connectivity index (χ2v) is 7.56. The highest BCUT2D eigenvalue weighted by molar-refractivity contribution is 7.90. The van der Waals surface area contributed by atoms with Crippen molar-refractivity contribution in [3.8, 4) is 0 Å². The number of hydrogen-bond acceptors (Lipinski definition) is 5. The van der Waals surface area contributed by atoms with Crippen LogP contribution in [-0.2, 0) is 14.9 Å². The van der Waals surface area contributed by atoms with Crippen molar-refractivity contribution in [3.05, 3.63) is 60.5 Å². The van der Waals surface area contributed by atoms with Gasteiger partial charge in [0, 0.05) is 17.1 Å². The normalized spacial score (nSPS) is 19.8. The van der Waals surface area contributed by atoms with Gasteiger partial charge in [0.1, 0.15) is 5.76 Å². The molecule has 2 heterocycles. The number of hydroxylamine groups is 2. The summed E-state index contributed by atoms with van der Waals surface area (Å²) in [6.45, 7) is 7.26. The number of carbonyl (C=O) groups excluding carboxylic acids is 1. The van der Waals surface area contributed by atoms with E-state index in [0.29, 0.717) is 28.5 Å². The van der Waals surface area contributed by atoms with Gasteiger partial charge in [-0.1, -0.05) is 24.3 Å². The van der Waals surface area contributed by atoms with Crippen molar-refractivity contribution in [3.63, 3.8) is 0 Å². The quantitative estimate of drug-likeness (QED) is 0.615. The molecule has 0 aliphatic carbocycles.